The molecule has 134 valence electrons. The normalized spacial score (nSPS) is 17.0. The largest absolute Gasteiger partial charge is 0.491 e. The number of carbonyl (C=O) groups excluding carboxylic acids is 1. The summed E-state index contributed by atoms with van der Waals surface area (Å²) in [6.07, 6.45) is 4.53. The Labute approximate surface area is 144 Å². The molecule has 1 aromatic rings. The van der Waals surface area contributed by atoms with Gasteiger partial charge in [-0.1, -0.05) is 12.1 Å². The predicted octanol–water partition coefficient (Wildman–Crippen LogP) is 3.01. The number of aryl methyl sites for hydroxylation is 1. The number of hydrogen-bond donors (Lipinski definition) is 3. The Morgan fingerprint density at radius 1 is 1.25 bits per heavy atom. The van der Waals surface area contributed by atoms with Crippen LogP contribution < -0.4 is 15.4 Å². The number of hydrogen-bond acceptors (Lipinski definition) is 3. The number of nitrogens with one attached hydrogen (secondary N) is 2. The van der Waals surface area contributed by atoms with Crippen LogP contribution in [0, 0.1) is 0 Å². The summed E-state index contributed by atoms with van der Waals surface area (Å²) in [7, 11) is 0. The predicted molar refractivity (Wildman–Crippen MR) is 95.3 cm³/mol. The van der Waals surface area contributed by atoms with Gasteiger partial charge in [-0.25, -0.2) is 4.79 Å². The van der Waals surface area contributed by atoms with Crippen LogP contribution in [0.4, 0.5) is 4.79 Å². The summed E-state index contributed by atoms with van der Waals surface area (Å²) in [4.78, 5) is 11.8. The molecule has 1 aromatic carbocycles. The van der Waals surface area contributed by atoms with E-state index in [9.17, 15) is 9.90 Å². The molecule has 5 nitrogen and oxygen atoms in total. The summed E-state index contributed by atoms with van der Waals surface area (Å²) in [5.74, 6) is 0.883. The van der Waals surface area contributed by atoms with Crippen molar-refractivity contribution in [3.63, 3.8) is 0 Å². The first-order chi connectivity index (χ1) is 11.4. The van der Waals surface area contributed by atoms with E-state index in [-0.39, 0.29) is 18.2 Å². The average Bonchev–Trinajstić information content (AvgIpc) is 2.50. The smallest absolute Gasteiger partial charge is 0.315 e. The Balaban J connectivity index is 1.66. The van der Waals surface area contributed by atoms with Crippen LogP contribution in [0.5, 0.6) is 5.75 Å². The zero-order chi connectivity index (χ0) is 17.6. The van der Waals surface area contributed by atoms with Crippen molar-refractivity contribution in [2.75, 3.05) is 6.54 Å². The van der Waals surface area contributed by atoms with Gasteiger partial charge in [-0.05, 0) is 70.6 Å². The minimum Gasteiger partial charge on any atom is -0.491 e. The SMILES string of the molecule is CC(CCc1ccc(OC(C)C)cc1)NC(=O)NCC1(O)CCC1. The van der Waals surface area contributed by atoms with Crippen molar-refractivity contribution in [1.29, 1.82) is 0 Å². The molecule has 1 aliphatic carbocycles. The summed E-state index contributed by atoms with van der Waals surface area (Å²) in [5, 5.41) is 15.7. The maximum Gasteiger partial charge on any atom is 0.315 e. The summed E-state index contributed by atoms with van der Waals surface area (Å²) < 4.78 is 5.63. The maximum atomic E-state index is 11.8. The summed E-state index contributed by atoms with van der Waals surface area (Å²) in [5.41, 5.74) is 0.546. The molecule has 0 radical (unpaired) electrons. The van der Waals surface area contributed by atoms with Crippen molar-refractivity contribution in [2.24, 2.45) is 0 Å². The van der Waals surface area contributed by atoms with Crippen molar-refractivity contribution in [2.45, 2.75) is 70.6 Å². The third kappa shape index (κ3) is 6.04. The van der Waals surface area contributed by atoms with Crippen molar-refractivity contribution in [3.8, 4) is 5.75 Å². The van der Waals surface area contributed by atoms with Crippen LogP contribution in [-0.4, -0.2) is 35.4 Å². The van der Waals surface area contributed by atoms with Crippen molar-refractivity contribution in [1.82, 2.24) is 10.6 Å². The van der Waals surface area contributed by atoms with E-state index in [4.69, 9.17) is 4.74 Å². The lowest BCUT2D eigenvalue weighted by molar-refractivity contribution is -0.0290. The highest BCUT2D eigenvalue weighted by Crippen LogP contribution is 2.30. The van der Waals surface area contributed by atoms with Gasteiger partial charge in [0.05, 0.1) is 11.7 Å². The highest BCUT2D eigenvalue weighted by Gasteiger charge is 2.34. The van der Waals surface area contributed by atoms with E-state index >= 15 is 0 Å². The van der Waals surface area contributed by atoms with E-state index in [1.165, 1.54) is 5.56 Å². The van der Waals surface area contributed by atoms with Gasteiger partial charge in [-0.3, -0.25) is 0 Å². The Morgan fingerprint density at radius 3 is 2.46 bits per heavy atom. The van der Waals surface area contributed by atoms with E-state index in [0.29, 0.717) is 6.54 Å². The molecule has 1 unspecified atom stereocenters. The van der Waals surface area contributed by atoms with Gasteiger partial charge < -0.3 is 20.5 Å². The molecule has 0 aromatic heterocycles. The van der Waals surface area contributed by atoms with Gasteiger partial charge in [0.2, 0.25) is 0 Å². The van der Waals surface area contributed by atoms with Gasteiger partial charge in [0.1, 0.15) is 5.75 Å². The lowest BCUT2D eigenvalue weighted by Crippen LogP contribution is -2.51. The van der Waals surface area contributed by atoms with E-state index in [1.807, 2.05) is 32.9 Å². The van der Waals surface area contributed by atoms with E-state index in [2.05, 4.69) is 22.8 Å². The molecule has 1 fully saturated rings. The average molecular weight is 334 g/mol. The number of rotatable bonds is 8. The third-order valence-electron chi connectivity index (χ3n) is 4.40. The van der Waals surface area contributed by atoms with Crippen molar-refractivity contribution < 1.29 is 14.6 Å². The first kappa shape index (κ1) is 18.6. The second kappa shape index (κ2) is 8.38. The number of ether oxygens (including phenoxy) is 1. The Morgan fingerprint density at radius 2 is 1.92 bits per heavy atom. The van der Waals surface area contributed by atoms with Crippen molar-refractivity contribution in [3.05, 3.63) is 29.8 Å². The van der Waals surface area contributed by atoms with E-state index in [1.54, 1.807) is 0 Å². The van der Waals surface area contributed by atoms with Crippen molar-refractivity contribution >= 4 is 6.03 Å². The number of benzene rings is 1. The van der Waals surface area contributed by atoms with Crippen LogP contribution in [0.2, 0.25) is 0 Å². The first-order valence-corrected chi connectivity index (χ1v) is 8.89. The maximum absolute atomic E-state index is 11.8. The molecule has 0 bridgehead atoms. The number of amides is 2. The lowest BCUT2D eigenvalue weighted by Gasteiger charge is -2.36. The van der Waals surface area contributed by atoms with Gasteiger partial charge in [-0.2, -0.15) is 0 Å². The second-order valence-electron chi connectivity index (χ2n) is 7.16. The Bertz CT molecular complexity index is 524. The molecule has 2 amide bonds. The second-order valence-corrected chi connectivity index (χ2v) is 7.16. The van der Waals surface area contributed by atoms with Crippen LogP contribution in [-0.2, 0) is 6.42 Å². The van der Waals surface area contributed by atoms with Crippen LogP contribution in [0.3, 0.4) is 0 Å². The molecular formula is C19H30N2O3. The molecule has 0 aliphatic heterocycles. The number of carbonyl (C=O) groups is 1. The molecule has 1 saturated carbocycles. The number of aliphatic hydroxyl groups is 1. The summed E-state index contributed by atoms with van der Waals surface area (Å²) in [6.45, 7) is 6.35. The minimum absolute atomic E-state index is 0.0765. The zero-order valence-electron chi connectivity index (χ0n) is 15.0. The fraction of sp³-hybridized carbons (Fsp3) is 0.632. The monoisotopic (exact) mass is 334 g/mol. The molecule has 0 heterocycles. The molecule has 24 heavy (non-hydrogen) atoms. The van der Waals surface area contributed by atoms with Gasteiger partial charge in [-0.15, -0.1) is 0 Å². The summed E-state index contributed by atoms with van der Waals surface area (Å²) in [6, 6.07) is 7.97. The molecule has 1 aliphatic rings. The molecule has 1 atom stereocenters. The quantitative estimate of drug-likeness (QED) is 0.684. The van der Waals surface area contributed by atoms with Gasteiger partial charge in [0.15, 0.2) is 0 Å². The topological polar surface area (TPSA) is 70.6 Å². The molecule has 2 rings (SSSR count). The van der Waals surface area contributed by atoms with Crippen LogP contribution in [0.1, 0.15) is 52.0 Å². The standard InChI is InChI=1S/C19H30N2O3/c1-14(2)24-17-9-7-16(8-10-17)6-5-15(3)21-18(22)20-13-19(23)11-4-12-19/h7-10,14-15,23H,4-6,11-13H2,1-3H3,(H2,20,21,22). The van der Waals surface area contributed by atoms with Crippen LogP contribution in [0.15, 0.2) is 24.3 Å². The Hall–Kier alpha value is -1.75. The molecule has 0 saturated heterocycles. The zero-order valence-corrected chi connectivity index (χ0v) is 15.0. The van der Waals surface area contributed by atoms with Gasteiger partial charge in [0.25, 0.3) is 0 Å². The molecule has 3 N–H and O–H groups in total. The van der Waals surface area contributed by atoms with Gasteiger partial charge >= 0.3 is 6.03 Å². The fourth-order valence-electron chi connectivity index (χ4n) is 2.74. The number of urea groups is 1. The van der Waals surface area contributed by atoms with Crippen LogP contribution >= 0.6 is 0 Å². The van der Waals surface area contributed by atoms with Gasteiger partial charge in [0, 0.05) is 12.6 Å². The lowest BCUT2D eigenvalue weighted by atomic mass is 9.80. The highest BCUT2D eigenvalue weighted by atomic mass is 16.5. The highest BCUT2D eigenvalue weighted by molar-refractivity contribution is 5.74. The molecular weight excluding hydrogens is 304 g/mol. The molecule has 0 spiro atoms. The van der Waals surface area contributed by atoms with E-state index in [0.717, 1.165) is 37.9 Å². The Kier molecular flexibility index (Phi) is 6.49. The third-order valence-corrected chi connectivity index (χ3v) is 4.40. The fourth-order valence-corrected chi connectivity index (χ4v) is 2.74. The summed E-state index contributed by atoms with van der Waals surface area (Å²) >= 11 is 0. The first-order valence-electron chi connectivity index (χ1n) is 8.89. The van der Waals surface area contributed by atoms with Crippen LogP contribution in [0.25, 0.3) is 0 Å². The molecule has 5 heteroatoms. The minimum atomic E-state index is -0.680. The van der Waals surface area contributed by atoms with E-state index < -0.39 is 5.60 Å².